The zero-order chi connectivity index (χ0) is 28.3. The maximum Gasteiger partial charge on any atom is 0.224 e. The molecule has 0 bridgehead atoms. The Hall–Kier alpha value is -3.40. The minimum absolute atomic E-state index is 0.0725. The number of hydrogen-bond acceptors (Lipinski definition) is 8. The Morgan fingerprint density at radius 1 is 0.950 bits per heavy atom. The first kappa shape index (κ1) is 28.1. The monoisotopic (exact) mass is 600 g/mol. The van der Waals surface area contributed by atoms with Crippen molar-refractivity contribution in [2.24, 2.45) is 0 Å². The van der Waals surface area contributed by atoms with Crippen LogP contribution in [0, 0.1) is 0 Å². The predicted octanol–water partition coefficient (Wildman–Crippen LogP) is 5.50. The maximum absolute atomic E-state index is 12.7. The summed E-state index contributed by atoms with van der Waals surface area (Å²) in [6.07, 6.45) is 2.35. The van der Waals surface area contributed by atoms with Crippen molar-refractivity contribution in [1.29, 1.82) is 0 Å². The third-order valence-corrected chi connectivity index (χ3v) is 8.18. The Morgan fingerprint density at radius 2 is 1.65 bits per heavy atom. The van der Waals surface area contributed by atoms with Crippen LogP contribution in [0.1, 0.15) is 12.0 Å². The first-order chi connectivity index (χ1) is 19.2. The molecule has 1 aromatic heterocycles. The lowest BCUT2D eigenvalue weighted by Gasteiger charge is -2.36. The van der Waals surface area contributed by atoms with Crippen molar-refractivity contribution >= 4 is 58.6 Å². The highest BCUT2D eigenvalue weighted by Gasteiger charge is 2.24. The van der Waals surface area contributed by atoms with Gasteiger partial charge in [0.25, 0.3) is 0 Å². The topological polar surface area (TPSA) is 102 Å². The van der Waals surface area contributed by atoms with Crippen molar-refractivity contribution in [3.63, 3.8) is 0 Å². The summed E-state index contributed by atoms with van der Waals surface area (Å²) >= 11 is 12.2. The molecule has 13 heteroatoms. The van der Waals surface area contributed by atoms with Crippen LogP contribution in [0.3, 0.4) is 0 Å². The number of halogens is 2. The van der Waals surface area contributed by atoms with Crippen LogP contribution in [0.25, 0.3) is 5.69 Å². The first-order valence-electron chi connectivity index (χ1n) is 12.4. The average molecular weight is 601 g/mol. The fourth-order valence-electron chi connectivity index (χ4n) is 4.19. The van der Waals surface area contributed by atoms with Crippen molar-refractivity contribution in [3.05, 3.63) is 88.7 Å². The summed E-state index contributed by atoms with van der Waals surface area (Å²) in [6.45, 7) is 3.61. The van der Waals surface area contributed by atoms with Gasteiger partial charge in [-0.05, 0) is 73.8 Å². The Labute approximate surface area is 241 Å². The molecule has 0 spiro atoms. The predicted molar refractivity (Wildman–Crippen MR) is 157 cm³/mol. The second-order valence-electron chi connectivity index (χ2n) is 9.47. The molecule has 0 radical (unpaired) electrons. The van der Waals surface area contributed by atoms with Gasteiger partial charge in [-0.1, -0.05) is 46.6 Å². The van der Waals surface area contributed by atoms with E-state index in [-0.39, 0.29) is 30.9 Å². The van der Waals surface area contributed by atoms with Crippen LogP contribution in [0.2, 0.25) is 10.2 Å². The standard InChI is InChI=1S/C27H27Cl2N6O4P/c1-40(2,37)22-11-9-21(10-12-22)30-27(36)14-7-19-5-3-4-6-23(19)34-17-39-35(18-38-34)25-15-20(28)8-13-24(25)33-16-26(29)31-32-33/h3-6,8-13,15-16H,7,14,17-18H2,1-2H3,(H,30,36). The number of nitrogens with one attached hydrogen (secondary N) is 1. The third-order valence-electron chi connectivity index (χ3n) is 6.23. The number of carbonyl (C=O) groups excluding carboxylic acids is 1. The highest BCUT2D eigenvalue weighted by molar-refractivity contribution is 7.70. The van der Waals surface area contributed by atoms with Gasteiger partial charge in [0, 0.05) is 22.4 Å². The maximum atomic E-state index is 12.7. The SMILES string of the molecule is CP(C)(=O)c1ccc(NC(=O)CCc2ccccc2N2CON(c3cc(Cl)ccc3-n3cc(Cl)nn3)CO2)cc1. The Bertz CT molecular complexity index is 1550. The molecule has 0 unspecified atom stereocenters. The van der Waals surface area contributed by atoms with E-state index < -0.39 is 7.14 Å². The number of aromatic nitrogens is 3. The molecule has 4 aromatic rings. The van der Waals surface area contributed by atoms with Gasteiger partial charge in [-0.3, -0.25) is 4.79 Å². The number of rotatable bonds is 8. The van der Waals surface area contributed by atoms with Gasteiger partial charge in [-0.25, -0.2) is 24.5 Å². The van der Waals surface area contributed by atoms with E-state index in [1.807, 2.05) is 24.3 Å². The van der Waals surface area contributed by atoms with Crippen molar-refractivity contribution in [1.82, 2.24) is 15.0 Å². The van der Waals surface area contributed by atoms with Gasteiger partial charge < -0.3 is 9.88 Å². The van der Waals surface area contributed by atoms with Gasteiger partial charge in [-0.2, -0.15) is 0 Å². The minimum atomic E-state index is -2.34. The molecule has 1 aliphatic heterocycles. The fourth-order valence-corrected chi connectivity index (χ4v) is 5.35. The number of carbonyl (C=O) groups is 1. The van der Waals surface area contributed by atoms with E-state index in [0.717, 1.165) is 16.6 Å². The lowest BCUT2D eigenvalue weighted by atomic mass is 10.1. The second-order valence-corrected chi connectivity index (χ2v) is 13.5. The van der Waals surface area contributed by atoms with Crippen molar-refractivity contribution in [3.8, 4) is 5.69 Å². The number of hydrogen-bond donors (Lipinski definition) is 1. The lowest BCUT2D eigenvalue weighted by Crippen LogP contribution is -2.44. The zero-order valence-electron chi connectivity index (χ0n) is 21.8. The molecule has 0 atom stereocenters. The molecular formula is C27H27Cl2N6O4P. The van der Waals surface area contributed by atoms with Crippen LogP contribution >= 0.6 is 30.3 Å². The molecule has 0 aliphatic carbocycles. The molecule has 10 nitrogen and oxygen atoms in total. The summed E-state index contributed by atoms with van der Waals surface area (Å²) in [7, 11) is -2.34. The quantitative estimate of drug-likeness (QED) is 0.265. The van der Waals surface area contributed by atoms with Crippen LogP contribution in [0.5, 0.6) is 0 Å². The highest BCUT2D eigenvalue weighted by atomic mass is 35.5. The number of hydroxylamine groups is 2. The van der Waals surface area contributed by atoms with Gasteiger partial charge in [0.2, 0.25) is 5.91 Å². The molecule has 1 N–H and O–H groups in total. The van der Waals surface area contributed by atoms with E-state index in [9.17, 15) is 9.36 Å². The van der Waals surface area contributed by atoms with Gasteiger partial charge in [0.15, 0.2) is 18.6 Å². The van der Waals surface area contributed by atoms with Crippen LogP contribution in [0.15, 0.2) is 72.9 Å². The van der Waals surface area contributed by atoms with E-state index in [1.165, 1.54) is 4.68 Å². The number of amides is 1. The highest BCUT2D eigenvalue weighted by Crippen LogP contribution is 2.35. The number of para-hydroxylation sites is 1. The molecule has 1 fully saturated rings. The number of benzene rings is 3. The van der Waals surface area contributed by atoms with Crippen LogP contribution < -0.4 is 20.7 Å². The van der Waals surface area contributed by atoms with Gasteiger partial charge in [0.1, 0.15) is 7.14 Å². The van der Waals surface area contributed by atoms with E-state index in [2.05, 4.69) is 15.6 Å². The number of aryl methyl sites for hydroxylation is 1. The largest absolute Gasteiger partial charge is 0.326 e. The van der Waals surface area contributed by atoms with E-state index in [0.29, 0.717) is 28.5 Å². The summed E-state index contributed by atoms with van der Waals surface area (Å²) in [5, 5.41) is 15.5. The molecule has 1 saturated heterocycles. The summed E-state index contributed by atoms with van der Waals surface area (Å²) in [5.41, 5.74) is 3.70. The molecule has 2 heterocycles. The van der Waals surface area contributed by atoms with E-state index in [4.69, 9.17) is 32.9 Å². The Balaban J connectivity index is 1.22. The summed E-state index contributed by atoms with van der Waals surface area (Å²) < 4.78 is 13.8. The fraction of sp³-hybridized carbons (Fsp3) is 0.222. The summed E-state index contributed by atoms with van der Waals surface area (Å²) in [5.74, 6) is -0.123. The minimum Gasteiger partial charge on any atom is -0.326 e. The second kappa shape index (κ2) is 12.0. The number of anilines is 3. The molecule has 208 valence electrons. The van der Waals surface area contributed by atoms with Crippen molar-refractivity contribution in [2.75, 3.05) is 42.2 Å². The van der Waals surface area contributed by atoms with Crippen molar-refractivity contribution in [2.45, 2.75) is 12.8 Å². The normalized spacial score (nSPS) is 13.9. The van der Waals surface area contributed by atoms with Crippen LogP contribution in [-0.2, 0) is 25.5 Å². The van der Waals surface area contributed by atoms with Gasteiger partial charge in [-0.15, -0.1) is 5.10 Å². The molecule has 3 aromatic carbocycles. The number of nitrogens with zero attached hydrogens (tertiary/aromatic N) is 5. The van der Waals surface area contributed by atoms with E-state index >= 15 is 0 Å². The summed E-state index contributed by atoms with van der Waals surface area (Å²) in [4.78, 5) is 24.7. The van der Waals surface area contributed by atoms with Crippen LogP contribution in [0.4, 0.5) is 17.1 Å². The van der Waals surface area contributed by atoms with Crippen LogP contribution in [-0.4, -0.2) is 47.7 Å². The summed E-state index contributed by atoms with van der Waals surface area (Å²) in [6, 6.07) is 20.1. The van der Waals surface area contributed by atoms with Crippen molar-refractivity contribution < 1.29 is 19.0 Å². The molecule has 1 aliphatic rings. The van der Waals surface area contributed by atoms with Gasteiger partial charge >= 0.3 is 0 Å². The molecule has 0 saturated carbocycles. The Morgan fingerprint density at radius 3 is 2.30 bits per heavy atom. The smallest absolute Gasteiger partial charge is 0.224 e. The third kappa shape index (κ3) is 6.66. The lowest BCUT2D eigenvalue weighted by molar-refractivity contribution is -0.116. The molecule has 1 amide bonds. The molecular weight excluding hydrogens is 574 g/mol. The molecule has 5 rings (SSSR count). The zero-order valence-corrected chi connectivity index (χ0v) is 24.2. The van der Waals surface area contributed by atoms with E-state index in [1.54, 1.807) is 72.1 Å². The molecule has 40 heavy (non-hydrogen) atoms. The Kier molecular flexibility index (Phi) is 8.44. The average Bonchev–Trinajstić information content (AvgIpc) is 3.38. The first-order valence-corrected chi connectivity index (χ1v) is 15.7. The van der Waals surface area contributed by atoms with Gasteiger partial charge in [0.05, 0.1) is 23.3 Å².